The summed E-state index contributed by atoms with van der Waals surface area (Å²) < 4.78 is 0. The van der Waals surface area contributed by atoms with Crippen molar-refractivity contribution in [2.24, 2.45) is 11.8 Å². The molecule has 1 unspecified atom stereocenters. The molecule has 0 fully saturated rings. The Morgan fingerprint density at radius 2 is 1.79 bits per heavy atom. The minimum absolute atomic E-state index is 0.136. The topological polar surface area (TPSA) is 69.6 Å². The Hall–Kier alpha value is -0.545. The second kappa shape index (κ2) is 6.04. The van der Waals surface area contributed by atoms with Gasteiger partial charge in [0.1, 0.15) is 0 Å². The normalized spacial score (nSPS) is 13.1. The first-order chi connectivity index (χ1) is 6.34. The molecule has 5 heteroatoms. The molecule has 14 heavy (non-hydrogen) atoms. The van der Waals surface area contributed by atoms with Gasteiger partial charge >= 0.3 is 7.12 Å². The fourth-order valence-corrected chi connectivity index (χ4v) is 1.11. The SMILES string of the molecule is CC(C)CC(NC(=O)C(C)C)B(O)O. The first-order valence-corrected chi connectivity index (χ1v) is 5.01. The first-order valence-electron chi connectivity index (χ1n) is 5.01. The number of amides is 1. The van der Waals surface area contributed by atoms with E-state index < -0.39 is 13.1 Å². The molecule has 3 N–H and O–H groups in total. The van der Waals surface area contributed by atoms with Crippen molar-refractivity contribution in [1.82, 2.24) is 5.32 Å². The van der Waals surface area contributed by atoms with Gasteiger partial charge in [-0.1, -0.05) is 27.7 Å². The van der Waals surface area contributed by atoms with Crippen LogP contribution in [0.5, 0.6) is 0 Å². The molecule has 0 spiro atoms. The lowest BCUT2D eigenvalue weighted by atomic mass is 9.75. The molecular formula is C9H20BNO3. The summed E-state index contributed by atoms with van der Waals surface area (Å²) >= 11 is 0. The molecule has 4 nitrogen and oxygen atoms in total. The lowest BCUT2D eigenvalue weighted by Gasteiger charge is -2.20. The van der Waals surface area contributed by atoms with Crippen LogP contribution >= 0.6 is 0 Å². The highest BCUT2D eigenvalue weighted by atomic mass is 16.4. The summed E-state index contributed by atoms with van der Waals surface area (Å²) in [6, 6.07) is 0. The van der Waals surface area contributed by atoms with Crippen LogP contribution in [0.25, 0.3) is 0 Å². The summed E-state index contributed by atoms with van der Waals surface area (Å²) in [6.07, 6.45) is 0.566. The average molecular weight is 201 g/mol. The Morgan fingerprint density at radius 3 is 2.07 bits per heavy atom. The molecule has 0 aromatic carbocycles. The second-order valence-corrected chi connectivity index (χ2v) is 4.31. The van der Waals surface area contributed by atoms with E-state index in [4.69, 9.17) is 10.0 Å². The first kappa shape index (κ1) is 13.5. The smallest absolute Gasteiger partial charge is 0.426 e. The van der Waals surface area contributed by atoms with E-state index >= 15 is 0 Å². The predicted molar refractivity (Wildman–Crippen MR) is 56.4 cm³/mol. The summed E-state index contributed by atoms with van der Waals surface area (Å²) in [7, 11) is -1.49. The molecular weight excluding hydrogens is 181 g/mol. The van der Waals surface area contributed by atoms with Crippen molar-refractivity contribution in [1.29, 1.82) is 0 Å². The highest BCUT2D eigenvalue weighted by Crippen LogP contribution is 2.06. The van der Waals surface area contributed by atoms with Crippen molar-refractivity contribution in [2.75, 3.05) is 0 Å². The van der Waals surface area contributed by atoms with E-state index in [0.717, 1.165) is 0 Å². The molecule has 0 aromatic heterocycles. The molecule has 0 aromatic rings. The monoisotopic (exact) mass is 201 g/mol. The van der Waals surface area contributed by atoms with Gasteiger partial charge in [-0.05, 0) is 12.3 Å². The maximum atomic E-state index is 11.3. The molecule has 0 bridgehead atoms. The third kappa shape index (κ3) is 5.24. The largest absolute Gasteiger partial charge is 0.475 e. The number of carbonyl (C=O) groups excluding carboxylic acids is 1. The van der Waals surface area contributed by atoms with Crippen LogP contribution in [0.4, 0.5) is 0 Å². The Balaban J connectivity index is 4.16. The van der Waals surface area contributed by atoms with Crippen LogP contribution in [0.2, 0.25) is 0 Å². The number of hydrogen-bond acceptors (Lipinski definition) is 3. The number of rotatable bonds is 5. The van der Waals surface area contributed by atoms with Crippen LogP contribution in [0.15, 0.2) is 0 Å². The summed E-state index contributed by atoms with van der Waals surface area (Å²) in [5.41, 5.74) is 0. The van der Waals surface area contributed by atoms with E-state index in [1.807, 2.05) is 13.8 Å². The average Bonchev–Trinajstić information content (AvgIpc) is 2.01. The Kier molecular flexibility index (Phi) is 5.80. The van der Waals surface area contributed by atoms with Crippen molar-refractivity contribution in [2.45, 2.75) is 40.1 Å². The fraction of sp³-hybridized carbons (Fsp3) is 0.889. The van der Waals surface area contributed by atoms with Crippen molar-refractivity contribution >= 4 is 13.0 Å². The maximum Gasteiger partial charge on any atom is 0.475 e. The zero-order valence-corrected chi connectivity index (χ0v) is 9.32. The Morgan fingerprint density at radius 1 is 1.29 bits per heavy atom. The highest BCUT2D eigenvalue weighted by Gasteiger charge is 2.26. The molecule has 0 saturated heterocycles. The van der Waals surface area contributed by atoms with Crippen molar-refractivity contribution in [3.63, 3.8) is 0 Å². The van der Waals surface area contributed by atoms with Gasteiger partial charge in [-0.25, -0.2) is 0 Å². The highest BCUT2D eigenvalue weighted by molar-refractivity contribution is 6.43. The fourth-order valence-electron chi connectivity index (χ4n) is 1.11. The lowest BCUT2D eigenvalue weighted by Crippen LogP contribution is -2.48. The molecule has 82 valence electrons. The minimum atomic E-state index is -1.49. The molecule has 0 aliphatic heterocycles. The van der Waals surface area contributed by atoms with Gasteiger partial charge in [0.2, 0.25) is 5.91 Å². The molecule has 0 rings (SSSR count). The summed E-state index contributed by atoms with van der Waals surface area (Å²) in [6.45, 7) is 7.48. The van der Waals surface area contributed by atoms with E-state index in [9.17, 15) is 4.79 Å². The van der Waals surface area contributed by atoms with Gasteiger partial charge in [-0.2, -0.15) is 0 Å². The van der Waals surface area contributed by atoms with Crippen LogP contribution < -0.4 is 5.32 Å². The molecule has 0 aliphatic carbocycles. The minimum Gasteiger partial charge on any atom is -0.426 e. The number of nitrogens with one attached hydrogen (secondary N) is 1. The zero-order valence-electron chi connectivity index (χ0n) is 9.32. The molecule has 1 atom stereocenters. The third-order valence-electron chi connectivity index (χ3n) is 1.94. The molecule has 0 radical (unpaired) electrons. The molecule has 0 heterocycles. The summed E-state index contributed by atoms with van der Waals surface area (Å²) in [4.78, 5) is 11.3. The molecule has 0 saturated carbocycles. The van der Waals surface area contributed by atoms with Crippen molar-refractivity contribution in [3.05, 3.63) is 0 Å². The van der Waals surface area contributed by atoms with Gasteiger partial charge in [-0.3, -0.25) is 4.79 Å². The summed E-state index contributed by atoms with van der Waals surface area (Å²) in [5.74, 6) is -0.536. The Bertz CT molecular complexity index is 183. The van der Waals surface area contributed by atoms with E-state index in [0.29, 0.717) is 12.3 Å². The van der Waals surface area contributed by atoms with Crippen LogP contribution in [0, 0.1) is 11.8 Å². The zero-order chi connectivity index (χ0) is 11.3. The van der Waals surface area contributed by atoms with Gasteiger partial charge in [0, 0.05) is 5.92 Å². The number of carbonyl (C=O) groups is 1. The van der Waals surface area contributed by atoms with Gasteiger partial charge in [-0.15, -0.1) is 0 Å². The second-order valence-electron chi connectivity index (χ2n) is 4.31. The third-order valence-corrected chi connectivity index (χ3v) is 1.94. The molecule has 0 aliphatic rings. The van der Waals surface area contributed by atoms with Gasteiger partial charge in [0.25, 0.3) is 0 Å². The van der Waals surface area contributed by atoms with Crippen LogP contribution in [-0.2, 0) is 4.79 Å². The van der Waals surface area contributed by atoms with E-state index in [1.54, 1.807) is 13.8 Å². The maximum absolute atomic E-state index is 11.3. The predicted octanol–water partition coefficient (Wildman–Crippen LogP) is 0.185. The van der Waals surface area contributed by atoms with Crippen LogP contribution in [0.3, 0.4) is 0 Å². The number of hydrogen-bond donors (Lipinski definition) is 3. The van der Waals surface area contributed by atoms with Gasteiger partial charge < -0.3 is 15.4 Å². The van der Waals surface area contributed by atoms with Crippen LogP contribution in [0.1, 0.15) is 34.1 Å². The van der Waals surface area contributed by atoms with Crippen molar-refractivity contribution in [3.8, 4) is 0 Å². The summed E-state index contributed by atoms with van der Waals surface area (Å²) in [5, 5.41) is 20.7. The standard InChI is InChI=1S/C9H20BNO3/c1-6(2)5-8(10(13)14)11-9(12)7(3)4/h6-8,13-14H,5H2,1-4H3,(H,11,12). The van der Waals surface area contributed by atoms with E-state index in [2.05, 4.69) is 5.32 Å². The molecule has 1 amide bonds. The quantitative estimate of drug-likeness (QED) is 0.556. The van der Waals surface area contributed by atoms with Crippen LogP contribution in [-0.4, -0.2) is 29.0 Å². The van der Waals surface area contributed by atoms with E-state index in [1.165, 1.54) is 0 Å². The van der Waals surface area contributed by atoms with Crippen molar-refractivity contribution < 1.29 is 14.8 Å². The van der Waals surface area contributed by atoms with E-state index in [-0.39, 0.29) is 11.8 Å². The van der Waals surface area contributed by atoms with Gasteiger partial charge in [0.15, 0.2) is 0 Å². The lowest BCUT2D eigenvalue weighted by molar-refractivity contribution is -0.124. The Labute approximate surface area is 85.9 Å². The van der Waals surface area contributed by atoms with Gasteiger partial charge in [0.05, 0.1) is 5.94 Å².